The Labute approximate surface area is 122 Å². The smallest absolute Gasteiger partial charge is 0.336 e. The molecule has 1 atom stereocenters. The van der Waals surface area contributed by atoms with Crippen LogP contribution in [-0.2, 0) is 11.3 Å². The van der Waals surface area contributed by atoms with E-state index in [-0.39, 0.29) is 11.9 Å². The van der Waals surface area contributed by atoms with E-state index in [9.17, 15) is 9.90 Å². The normalized spacial score (nSPS) is 18.4. The van der Waals surface area contributed by atoms with Crippen LogP contribution < -0.4 is 10.9 Å². The highest BCUT2D eigenvalue weighted by molar-refractivity contribution is 5.84. The van der Waals surface area contributed by atoms with Gasteiger partial charge in [-0.2, -0.15) is 0 Å². The molecule has 5 nitrogen and oxygen atoms in total. The minimum Gasteiger partial charge on any atom is -0.508 e. The van der Waals surface area contributed by atoms with Crippen LogP contribution in [0.25, 0.3) is 11.0 Å². The van der Waals surface area contributed by atoms with Gasteiger partial charge in [-0.25, -0.2) is 4.79 Å². The number of aryl methyl sites for hydroxylation is 1. The first-order valence-electron chi connectivity index (χ1n) is 7.23. The number of phenolic OH excluding ortho intramolecular Hbond substituents is 1. The highest BCUT2D eigenvalue weighted by Gasteiger charge is 2.15. The number of hydrogen-bond acceptors (Lipinski definition) is 5. The molecule has 1 aliphatic rings. The molecule has 0 spiro atoms. The summed E-state index contributed by atoms with van der Waals surface area (Å²) in [5.41, 5.74) is 1.52. The zero-order valence-corrected chi connectivity index (χ0v) is 12.0. The van der Waals surface area contributed by atoms with Crippen molar-refractivity contribution in [3.8, 4) is 5.75 Å². The predicted molar refractivity (Wildman–Crippen MR) is 79.6 cm³/mol. The van der Waals surface area contributed by atoms with E-state index in [0.29, 0.717) is 17.7 Å². The molecule has 1 saturated heterocycles. The van der Waals surface area contributed by atoms with Gasteiger partial charge in [0.2, 0.25) is 0 Å². The van der Waals surface area contributed by atoms with Gasteiger partial charge in [0.05, 0.1) is 6.10 Å². The standard InChI is InChI=1S/C16H19NO4/c1-10-14(18)5-4-13-11(7-15(19)21-16(10)13)8-17-9-12-3-2-6-20-12/h4-5,7,12,17-18H,2-3,6,8-9H2,1H3/t12-/m0/s1. The Morgan fingerprint density at radius 2 is 2.29 bits per heavy atom. The van der Waals surface area contributed by atoms with Crippen molar-refractivity contribution in [1.29, 1.82) is 0 Å². The van der Waals surface area contributed by atoms with E-state index in [1.807, 2.05) is 0 Å². The summed E-state index contributed by atoms with van der Waals surface area (Å²) < 4.78 is 10.8. The summed E-state index contributed by atoms with van der Waals surface area (Å²) in [7, 11) is 0. The number of aromatic hydroxyl groups is 1. The summed E-state index contributed by atoms with van der Waals surface area (Å²) in [4.78, 5) is 11.7. The molecule has 0 aliphatic carbocycles. The Hall–Kier alpha value is -1.85. The van der Waals surface area contributed by atoms with E-state index in [1.54, 1.807) is 19.1 Å². The highest BCUT2D eigenvalue weighted by atomic mass is 16.5. The molecule has 1 aromatic carbocycles. The Bertz CT molecular complexity index is 701. The van der Waals surface area contributed by atoms with Crippen LogP contribution in [0, 0.1) is 6.92 Å². The van der Waals surface area contributed by atoms with E-state index in [2.05, 4.69) is 5.32 Å². The zero-order valence-electron chi connectivity index (χ0n) is 12.0. The quantitative estimate of drug-likeness (QED) is 0.843. The van der Waals surface area contributed by atoms with Crippen LogP contribution in [0.15, 0.2) is 27.4 Å². The second-order valence-corrected chi connectivity index (χ2v) is 5.44. The lowest BCUT2D eigenvalue weighted by molar-refractivity contribution is 0.110. The summed E-state index contributed by atoms with van der Waals surface area (Å²) in [6.07, 6.45) is 2.46. The molecule has 0 amide bonds. The highest BCUT2D eigenvalue weighted by Crippen LogP contribution is 2.27. The number of phenols is 1. The van der Waals surface area contributed by atoms with Gasteiger partial charge in [0.25, 0.3) is 0 Å². The fourth-order valence-electron chi connectivity index (χ4n) is 2.74. The minimum atomic E-state index is -0.398. The predicted octanol–water partition coefficient (Wildman–Crippen LogP) is 2.08. The van der Waals surface area contributed by atoms with Crippen molar-refractivity contribution in [2.24, 2.45) is 0 Å². The van der Waals surface area contributed by atoms with Crippen molar-refractivity contribution < 1.29 is 14.3 Å². The van der Waals surface area contributed by atoms with E-state index in [0.717, 1.165) is 36.9 Å². The molecule has 0 bridgehead atoms. The first kappa shape index (κ1) is 14.1. The summed E-state index contributed by atoms with van der Waals surface area (Å²) in [6.45, 7) is 3.93. The van der Waals surface area contributed by atoms with Gasteiger partial charge in [-0.05, 0) is 37.5 Å². The number of benzene rings is 1. The zero-order chi connectivity index (χ0) is 14.8. The molecule has 0 saturated carbocycles. The monoisotopic (exact) mass is 289 g/mol. The third-order valence-electron chi connectivity index (χ3n) is 3.93. The van der Waals surface area contributed by atoms with Crippen molar-refractivity contribution in [2.75, 3.05) is 13.2 Å². The number of nitrogens with one attached hydrogen (secondary N) is 1. The maximum absolute atomic E-state index is 11.7. The van der Waals surface area contributed by atoms with Crippen molar-refractivity contribution in [3.05, 3.63) is 39.7 Å². The van der Waals surface area contributed by atoms with E-state index >= 15 is 0 Å². The van der Waals surface area contributed by atoms with Crippen molar-refractivity contribution in [3.63, 3.8) is 0 Å². The Morgan fingerprint density at radius 3 is 3.05 bits per heavy atom. The Kier molecular flexibility index (Phi) is 3.94. The molecule has 1 aromatic heterocycles. The molecular weight excluding hydrogens is 270 g/mol. The molecule has 2 aromatic rings. The largest absolute Gasteiger partial charge is 0.508 e. The number of ether oxygens (including phenoxy) is 1. The van der Waals surface area contributed by atoms with Crippen molar-refractivity contribution in [1.82, 2.24) is 5.32 Å². The van der Waals surface area contributed by atoms with Gasteiger partial charge in [-0.15, -0.1) is 0 Å². The Morgan fingerprint density at radius 1 is 1.43 bits per heavy atom. The third kappa shape index (κ3) is 2.94. The van der Waals surface area contributed by atoms with Crippen LogP contribution in [0.2, 0.25) is 0 Å². The van der Waals surface area contributed by atoms with Gasteiger partial charge in [-0.1, -0.05) is 0 Å². The molecule has 2 N–H and O–H groups in total. The second kappa shape index (κ2) is 5.87. The van der Waals surface area contributed by atoms with Crippen LogP contribution in [0.5, 0.6) is 5.75 Å². The molecule has 5 heteroatoms. The minimum absolute atomic E-state index is 0.134. The maximum Gasteiger partial charge on any atom is 0.336 e. The van der Waals surface area contributed by atoms with Gasteiger partial charge in [-0.3, -0.25) is 0 Å². The van der Waals surface area contributed by atoms with Gasteiger partial charge >= 0.3 is 5.63 Å². The molecule has 1 fully saturated rings. The van der Waals surface area contributed by atoms with E-state index in [4.69, 9.17) is 9.15 Å². The summed E-state index contributed by atoms with van der Waals surface area (Å²) in [5.74, 6) is 0.134. The topological polar surface area (TPSA) is 71.7 Å². The molecule has 0 radical (unpaired) electrons. The van der Waals surface area contributed by atoms with Crippen molar-refractivity contribution >= 4 is 11.0 Å². The van der Waals surface area contributed by atoms with Gasteiger partial charge in [0.1, 0.15) is 11.3 Å². The first-order chi connectivity index (χ1) is 10.1. The van der Waals surface area contributed by atoms with Crippen LogP contribution in [0.3, 0.4) is 0 Å². The lowest BCUT2D eigenvalue weighted by atomic mass is 10.1. The van der Waals surface area contributed by atoms with Gasteiger partial charge in [0.15, 0.2) is 0 Å². The van der Waals surface area contributed by atoms with Gasteiger partial charge in [0, 0.05) is 36.7 Å². The number of rotatable bonds is 4. The third-order valence-corrected chi connectivity index (χ3v) is 3.93. The average Bonchev–Trinajstić information content (AvgIpc) is 2.96. The molecule has 3 rings (SSSR count). The fraction of sp³-hybridized carbons (Fsp3) is 0.438. The lowest BCUT2D eigenvalue weighted by Crippen LogP contribution is -2.26. The SMILES string of the molecule is Cc1c(O)ccc2c(CNC[C@@H]3CCCO3)cc(=O)oc12. The van der Waals surface area contributed by atoms with Crippen LogP contribution in [-0.4, -0.2) is 24.4 Å². The summed E-state index contributed by atoms with van der Waals surface area (Å²) in [5, 5.41) is 13.9. The molecule has 2 heterocycles. The van der Waals surface area contributed by atoms with Crippen LogP contribution in [0.1, 0.15) is 24.0 Å². The van der Waals surface area contributed by atoms with Crippen LogP contribution >= 0.6 is 0 Å². The molecular formula is C16H19NO4. The number of fused-ring (bicyclic) bond motifs is 1. The average molecular weight is 289 g/mol. The molecule has 21 heavy (non-hydrogen) atoms. The lowest BCUT2D eigenvalue weighted by Gasteiger charge is -2.12. The van der Waals surface area contributed by atoms with Crippen molar-refractivity contribution in [2.45, 2.75) is 32.4 Å². The fourth-order valence-corrected chi connectivity index (χ4v) is 2.74. The van der Waals surface area contributed by atoms with Gasteiger partial charge < -0.3 is 19.6 Å². The second-order valence-electron chi connectivity index (χ2n) is 5.44. The molecule has 0 unspecified atom stereocenters. The Balaban J connectivity index is 1.84. The molecule has 112 valence electrons. The van der Waals surface area contributed by atoms with E-state index in [1.165, 1.54) is 6.07 Å². The summed E-state index contributed by atoms with van der Waals surface area (Å²) in [6, 6.07) is 4.91. The number of hydrogen-bond donors (Lipinski definition) is 2. The maximum atomic E-state index is 11.7. The first-order valence-corrected chi connectivity index (χ1v) is 7.23. The van der Waals surface area contributed by atoms with Crippen LogP contribution in [0.4, 0.5) is 0 Å². The summed E-state index contributed by atoms with van der Waals surface area (Å²) >= 11 is 0. The van der Waals surface area contributed by atoms with E-state index < -0.39 is 5.63 Å². The molecule has 1 aliphatic heterocycles.